The van der Waals surface area contributed by atoms with Crippen LogP contribution in [0.15, 0.2) is 42.6 Å². The molecule has 0 unspecified atom stereocenters. The van der Waals surface area contributed by atoms with Crippen LogP contribution in [0.5, 0.6) is 11.5 Å². The average molecular weight is 455 g/mol. The molecule has 6 nitrogen and oxygen atoms in total. The maximum atomic E-state index is 6.42. The van der Waals surface area contributed by atoms with Gasteiger partial charge in [0.25, 0.3) is 0 Å². The minimum Gasteiger partial charge on any atom is -0.493 e. The molecular formula is C25H31ClN4O2. The fraction of sp³-hybridized carbons (Fsp3) is 0.400. The first kappa shape index (κ1) is 22.6. The third kappa shape index (κ3) is 5.44. The molecule has 0 radical (unpaired) electrons. The molecule has 0 atom stereocenters. The minimum atomic E-state index is 0.644. The van der Waals surface area contributed by atoms with Crippen LogP contribution in [0.3, 0.4) is 0 Å². The average Bonchev–Trinajstić information content (AvgIpc) is 2.79. The number of aryl methyl sites for hydroxylation is 1. The van der Waals surface area contributed by atoms with E-state index < -0.39 is 0 Å². The number of halogens is 1. The molecule has 2 heterocycles. The van der Waals surface area contributed by atoms with Crippen molar-refractivity contribution in [1.82, 2.24) is 14.8 Å². The van der Waals surface area contributed by atoms with Gasteiger partial charge in [-0.1, -0.05) is 17.7 Å². The zero-order valence-corrected chi connectivity index (χ0v) is 19.8. The Hall–Kier alpha value is -2.54. The number of rotatable bonds is 8. The molecule has 0 amide bonds. The highest BCUT2D eigenvalue weighted by Gasteiger charge is 2.14. The zero-order valence-electron chi connectivity index (χ0n) is 19.0. The lowest BCUT2D eigenvalue weighted by molar-refractivity contribution is 0.145. The van der Waals surface area contributed by atoms with Crippen LogP contribution in [0, 0.1) is 6.92 Å². The Morgan fingerprint density at radius 3 is 2.59 bits per heavy atom. The van der Waals surface area contributed by atoms with E-state index in [0.717, 1.165) is 72.7 Å². The van der Waals surface area contributed by atoms with E-state index in [1.807, 2.05) is 43.3 Å². The van der Waals surface area contributed by atoms with E-state index in [0.29, 0.717) is 17.4 Å². The van der Waals surface area contributed by atoms with Gasteiger partial charge in [0.05, 0.1) is 29.9 Å². The Balaban J connectivity index is 1.46. The first-order valence-electron chi connectivity index (χ1n) is 11.1. The molecule has 2 aromatic carbocycles. The fourth-order valence-corrected chi connectivity index (χ4v) is 4.23. The molecule has 4 rings (SSSR count). The summed E-state index contributed by atoms with van der Waals surface area (Å²) in [6, 6.07) is 11.8. The van der Waals surface area contributed by atoms with Crippen molar-refractivity contribution in [1.29, 1.82) is 0 Å². The van der Waals surface area contributed by atoms with Gasteiger partial charge in [-0.25, -0.2) is 0 Å². The second-order valence-corrected chi connectivity index (χ2v) is 8.74. The number of benzene rings is 2. The zero-order chi connectivity index (χ0) is 22.5. The van der Waals surface area contributed by atoms with Crippen molar-refractivity contribution in [3.05, 3.63) is 53.2 Å². The molecule has 0 bridgehead atoms. The lowest BCUT2D eigenvalue weighted by atomic mass is 10.1. The van der Waals surface area contributed by atoms with Gasteiger partial charge in [-0.2, -0.15) is 0 Å². The SMILES string of the molecule is COc1cc2c(Nc3ccc(C)cc3Cl)ccnc2cc1OCCCN1CCN(C)CC1. The molecule has 7 heteroatoms. The molecule has 32 heavy (non-hydrogen) atoms. The van der Waals surface area contributed by atoms with Crippen molar-refractivity contribution in [2.45, 2.75) is 13.3 Å². The number of piperazine rings is 1. The molecule has 1 saturated heterocycles. The Bertz CT molecular complexity index is 1070. The highest BCUT2D eigenvalue weighted by atomic mass is 35.5. The van der Waals surface area contributed by atoms with Crippen molar-refractivity contribution in [2.75, 3.05) is 58.8 Å². The molecule has 0 aliphatic carbocycles. The number of pyridine rings is 1. The number of aromatic nitrogens is 1. The van der Waals surface area contributed by atoms with Crippen LogP contribution < -0.4 is 14.8 Å². The molecular weight excluding hydrogens is 424 g/mol. The monoisotopic (exact) mass is 454 g/mol. The second kappa shape index (κ2) is 10.4. The lowest BCUT2D eigenvalue weighted by Gasteiger charge is -2.32. The third-order valence-electron chi connectivity index (χ3n) is 5.89. The standard InChI is InChI=1S/C25H31ClN4O2/c1-18-5-6-22(20(26)15-18)28-21-7-8-27-23-17-25(24(31-3)16-19(21)23)32-14-4-9-30-12-10-29(2)11-13-30/h5-8,15-17H,4,9-14H2,1-3H3,(H,27,28). The van der Waals surface area contributed by atoms with Crippen molar-refractivity contribution in [2.24, 2.45) is 0 Å². The van der Waals surface area contributed by atoms with Gasteiger partial charge in [-0.05, 0) is 50.2 Å². The molecule has 1 fully saturated rings. The van der Waals surface area contributed by atoms with Crippen molar-refractivity contribution < 1.29 is 9.47 Å². The van der Waals surface area contributed by atoms with Crippen molar-refractivity contribution in [3.63, 3.8) is 0 Å². The van der Waals surface area contributed by atoms with Crippen LogP contribution in [-0.2, 0) is 0 Å². The quantitative estimate of drug-likeness (QED) is 0.485. The molecule has 170 valence electrons. The third-order valence-corrected chi connectivity index (χ3v) is 6.21. The van der Waals surface area contributed by atoms with Gasteiger partial charge < -0.3 is 24.6 Å². The first-order chi connectivity index (χ1) is 15.5. The van der Waals surface area contributed by atoms with Gasteiger partial charge in [0.15, 0.2) is 11.5 Å². The maximum absolute atomic E-state index is 6.42. The topological polar surface area (TPSA) is 49.9 Å². The van der Waals surface area contributed by atoms with E-state index in [-0.39, 0.29) is 0 Å². The Morgan fingerprint density at radius 2 is 1.84 bits per heavy atom. The largest absolute Gasteiger partial charge is 0.493 e. The number of fused-ring (bicyclic) bond motifs is 1. The summed E-state index contributed by atoms with van der Waals surface area (Å²) in [6.07, 6.45) is 2.77. The molecule has 1 aromatic heterocycles. The Morgan fingerprint density at radius 1 is 1.03 bits per heavy atom. The van der Waals surface area contributed by atoms with Gasteiger partial charge in [0.1, 0.15) is 0 Å². The minimum absolute atomic E-state index is 0.644. The molecule has 0 saturated carbocycles. The number of methoxy groups -OCH3 is 1. The van der Waals surface area contributed by atoms with Crippen molar-refractivity contribution >= 4 is 33.9 Å². The summed E-state index contributed by atoms with van der Waals surface area (Å²) in [6.45, 7) is 8.24. The van der Waals surface area contributed by atoms with Crippen LogP contribution in [0.25, 0.3) is 10.9 Å². The summed E-state index contributed by atoms with van der Waals surface area (Å²) in [5.74, 6) is 1.42. The van der Waals surface area contributed by atoms with E-state index in [9.17, 15) is 0 Å². The van der Waals surface area contributed by atoms with Crippen LogP contribution >= 0.6 is 11.6 Å². The molecule has 1 aliphatic heterocycles. The number of hydrogen-bond acceptors (Lipinski definition) is 6. The predicted molar refractivity (Wildman–Crippen MR) is 132 cm³/mol. The molecule has 1 aliphatic rings. The van der Waals surface area contributed by atoms with Crippen molar-refractivity contribution in [3.8, 4) is 11.5 Å². The number of nitrogens with one attached hydrogen (secondary N) is 1. The first-order valence-corrected chi connectivity index (χ1v) is 11.4. The Kier molecular flexibility index (Phi) is 7.35. The number of nitrogens with zero attached hydrogens (tertiary/aromatic N) is 3. The van der Waals surface area contributed by atoms with E-state index in [4.69, 9.17) is 21.1 Å². The van der Waals surface area contributed by atoms with Crippen LogP contribution in [0.1, 0.15) is 12.0 Å². The number of anilines is 2. The highest BCUT2D eigenvalue weighted by molar-refractivity contribution is 6.33. The van der Waals surface area contributed by atoms with Gasteiger partial charge in [0, 0.05) is 56.1 Å². The lowest BCUT2D eigenvalue weighted by Crippen LogP contribution is -2.44. The summed E-state index contributed by atoms with van der Waals surface area (Å²) in [4.78, 5) is 9.41. The van der Waals surface area contributed by atoms with E-state index in [1.165, 1.54) is 0 Å². The summed E-state index contributed by atoms with van der Waals surface area (Å²) >= 11 is 6.42. The number of likely N-dealkylation sites (N-methyl/N-ethyl adjacent to an activating group) is 1. The van der Waals surface area contributed by atoms with Gasteiger partial charge in [-0.15, -0.1) is 0 Å². The number of hydrogen-bond donors (Lipinski definition) is 1. The van der Waals surface area contributed by atoms with Crippen LogP contribution in [0.2, 0.25) is 5.02 Å². The van der Waals surface area contributed by atoms with Gasteiger partial charge in [0.2, 0.25) is 0 Å². The van der Waals surface area contributed by atoms with Crippen LogP contribution in [-0.4, -0.2) is 68.3 Å². The van der Waals surface area contributed by atoms with Gasteiger partial charge >= 0.3 is 0 Å². The molecule has 0 spiro atoms. The summed E-state index contributed by atoms with van der Waals surface area (Å²) in [5.41, 5.74) is 3.73. The van der Waals surface area contributed by atoms with Gasteiger partial charge in [-0.3, -0.25) is 4.98 Å². The smallest absolute Gasteiger partial charge is 0.163 e. The van der Waals surface area contributed by atoms with E-state index >= 15 is 0 Å². The molecule has 1 N–H and O–H groups in total. The highest BCUT2D eigenvalue weighted by Crippen LogP contribution is 2.36. The maximum Gasteiger partial charge on any atom is 0.163 e. The van der Waals surface area contributed by atoms with E-state index in [1.54, 1.807) is 13.3 Å². The molecule has 3 aromatic rings. The van der Waals surface area contributed by atoms with E-state index in [2.05, 4.69) is 27.1 Å². The van der Waals surface area contributed by atoms with Crippen LogP contribution in [0.4, 0.5) is 11.4 Å². The Labute approximate surface area is 195 Å². The fourth-order valence-electron chi connectivity index (χ4n) is 3.94. The summed E-state index contributed by atoms with van der Waals surface area (Å²) < 4.78 is 11.7. The normalized spacial score (nSPS) is 15.1. The summed E-state index contributed by atoms with van der Waals surface area (Å²) in [5, 5.41) is 5.06. The predicted octanol–water partition coefficient (Wildman–Crippen LogP) is 4.97. The summed E-state index contributed by atoms with van der Waals surface area (Å²) in [7, 11) is 3.84. The number of ether oxygens (including phenoxy) is 2. The second-order valence-electron chi connectivity index (χ2n) is 8.33.